The van der Waals surface area contributed by atoms with Crippen molar-refractivity contribution in [2.24, 2.45) is 0 Å². The molecule has 0 heterocycles. The molecule has 1 aromatic rings. The van der Waals surface area contributed by atoms with Crippen molar-refractivity contribution in [1.29, 1.82) is 0 Å². The Labute approximate surface area is 107 Å². The summed E-state index contributed by atoms with van der Waals surface area (Å²) < 4.78 is 4.67. The SMILES string of the molecule is CN[C@@H](Cc1ccc(Cl)cc1)C(=O)OC.Cl. The van der Waals surface area contributed by atoms with Crippen molar-refractivity contribution in [2.45, 2.75) is 12.5 Å². The highest BCUT2D eigenvalue weighted by Crippen LogP contribution is 2.11. The molecule has 0 saturated heterocycles. The van der Waals surface area contributed by atoms with Gasteiger partial charge in [0.2, 0.25) is 0 Å². The lowest BCUT2D eigenvalue weighted by Gasteiger charge is -2.13. The van der Waals surface area contributed by atoms with Crippen LogP contribution in [0.15, 0.2) is 24.3 Å². The average Bonchev–Trinajstić information content (AvgIpc) is 2.27. The van der Waals surface area contributed by atoms with Crippen molar-refractivity contribution in [3.8, 4) is 0 Å². The van der Waals surface area contributed by atoms with Crippen molar-refractivity contribution in [3.63, 3.8) is 0 Å². The van der Waals surface area contributed by atoms with Gasteiger partial charge >= 0.3 is 5.97 Å². The Hall–Kier alpha value is -0.770. The highest BCUT2D eigenvalue weighted by molar-refractivity contribution is 6.30. The number of carbonyl (C=O) groups is 1. The number of ether oxygens (including phenoxy) is 1. The summed E-state index contributed by atoms with van der Waals surface area (Å²) in [5.41, 5.74) is 1.05. The summed E-state index contributed by atoms with van der Waals surface area (Å²) in [7, 11) is 3.12. The number of rotatable bonds is 4. The fourth-order valence-corrected chi connectivity index (χ4v) is 1.43. The lowest BCUT2D eigenvalue weighted by Crippen LogP contribution is -2.36. The molecule has 0 radical (unpaired) electrons. The summed E-state index contributed by atoms with van der Waals surface area (Å²) in [4.78, 5) is 11.3. The lowest BCUT2D eigenvalue weighted by molar-refractivity contribution is -0.142. The first-order valence-electron chi connectivity index (χ1n) is 4.67. The van der Waals surface area contributed by atoms with Crippen LogP contribution in [-0.2, 0) is 16.0 Å². The zero-order valence-electron chi connectivity index (χ0n) is 9.20. The van der Waals surface area contributed by atoms with E-state index >= 15 is 0 Å². The molecule has 0 aromatic heterocycles. The van der Waals surface area contributed by atoms with Crippen LogP contribution in [0, 0.1) is 0 Å². The van der Waals surface area contributed by atoms with E-state index in [0.717, 1.165) is 5.56 Å². The second kappa shape index (κ2) is 7.49. The summed E-state index contributed by atoms with van der Waals surface area (Å²) in [6.07, 6.45) is 0.598. The van der Waals surface area contributed by atoms with Crippen molar-refractivity contribution in [3.05, 3.63) is 34.9 Å². The second-order valence-electron chi connectivity index (χ2n) is 3.20. The topological polar surface area (TPSA) is 38.3 Å². The number of esters is 1. The minimum absolute atomic E-state index is 0. The minimum atomic E-state index is -0.309. The molecule has 0 aliphatic rings. The van der Waals surface area contributed by atoms with Crippen LogP contribution < -0.4 is 5.32 Å². The van der Waals surface area contributed by atoms with Crippen LogP contribution in [0.2, 0.25) is 5.02 Å². The van der Waals surface area contributed by atoms with Crippen LogP contribution in [0.3, 0.4) is 0 Å². The number of hydrogen-bond acceptors (Lipinski definition) is 3. The van der Waals surface area contributed by atoms with Gasteiger partial charge in [0, 0.05) is 5.02 Å². The molecule has 0 saturated carbocycles. The third kappa shape index (κ3) is 4.39. The van der Waals surface area contributed by atoms with E-state index in [1.807, 2.05) is 12.1 Å². The molecule has 1 rings (SSSR count). The number of hydrogen-bond donors (Lipinski definition) is 1. The van der Waals surface area contributed by atoms with E-state index in [1.54, 1.807) is 19.2 Å². The molecule has 0 amide bonds. The summed E-state index contributed by atoms with van der Waals surface area (Å²) in [5.74, 6) is -0.257. The Kier molecular flexibility index (Phi) is 7.13. The van der Waals surface area contributed by atoms with Gasteiger partial charge in [0.1, 0.15) is 6.04 Å². The van der Waals surface area contributed by atoms with Gasteiger partial charge in [-0.1, -0.05) is 23.7 Å². The third-order valence-corrected chi connectivity index (χ3v) is 2.44. The van der Waals surface area contributed by atoms with E-state index in [4.69, 9.17) is 11.6 Å². The summed E-state index contributed by atoms with van der Waals surface area (Å²) in [6, 6.07) is 7.10. The van der Waals surface area contributed by atoms with E-state index in [-0.39, 0.29) is 24.4 Å². The zero-order valence-corrected chi connectivity index (χ0v) is 10.8. The molecule has 0 fully saturated rings. The summed E-state index contributed by atoms with van der Waals surface area (Å²) in [6.45, 7) is 0. The Morgan fingerprint density at radius 3 is 2.44 bits per heavy atom. The maximum absolute atomic E-state index is 11.3. The third-order valence-electron chi connectivity index (χ3n) is 2.19. The maximum atomic E-state index is 11.3. The Bertz CT molecular complexity index is 327. The fourth-order valence-electron chi connectivity index (χ4n) is 1.30. The van der Waals surface area contributed by atoms with Gasteiger partial charge in [-0.05, 0) is 31.2 Å². The molecule has 1 aromatic carbocycles. The molecular formula is C11H15Cl2NO2. The molecule has 0 aliphatic carbocycles. The Morgan fingerprint density at radius 1 is 1.44 bits per heavy atom. The van der Waals surface area contributed by atoms with Gasteiger partial charge in [-0.2, -0.15) is 0 Å². The number of nitrogens with one attached hydrogen (secondary N) is 1. The van der Waals surface area contributed by atoms with Crippen molar-refractivity contribution >= 4 is 30.0 Å². The molecule has 1 N–H and O–H groups in total. The normalized spacial score (nSPS) is 11.4. The van der Waals surface area contributed by atoms with Crippen LogP contribution >= 0.6 is 24.0 Å². The molecule has 0 aliphatic heterocycles. The molecular weight excluding hydrogens is 249 g/mol. The number of halogens is 2. The predicted molar refractivity (Wildman–Crippen MR) is 67.3 cm³/mol. The van der Waals surface area contributed by atoms with E-state index < -0.39 is 0 Å². The number of methoxy groups -OCH3 is 1. The van der Waals surface area contributed by atoms with Gasteiger partial charge < -0.3 is 10.1 Å². The molecule has 5 heteroatoms. The first-order valence-corrected chi connectivity index (χ1v) is 5.04. The van der Waals surface area contributed by atoms with Crippen molar-refractivity contribution in [1.82, 2.24) is 5.32 Å². The molecule has 90 valence electrons. The molecule has 0 spiro atoms. The van der Waals surface area contributed by atoms with Gasteiger partial charge in [-0.3, -0.25) is 4.79 Å². The van der Waals surface area contributed by atoms with E-state index in [2.05, 4.69) is 10.1 Å². The van der Waals surface area contributed by atoms with Crippen LogP contribution in [0.1, 0.15) is 5.56 Å². The zero-order chi connectivity index (χ0) is 11.3. The van der Waals surface area contributed by atoms with Crippen LogP contribution in [0.4, 0.5) is 0 Å². The minimum Gasteiger partial charge on any atom is -0.468 e. The quantitative estimate of drug-likeness (QED) is 0.846. The van der Waals surface area contributed by atoms with Crippen molar-refractivity contribution in [2.75, 3.05) is 14.2 Å². The van der Waals surface area contributed by atoms with E-state index in [9.17, 15) is 4.79 Å². The number of likely N-dealkylation sites (N-methyl/N-ethyl adjacent to an activating group) is 1. The van der Waals surface area contributed by atoms with E-state index in [1.165, 1.54) is 7.11 Å². The van der Waals surface area contributed by atoms with Gasteiger partial charge in [0.05, 0.1) is 7.11 Å². The maximum Gasteiger partial charge on any atom is 0.323 e. The largest absolute Gasteiger partial charge is 0.468 e. The molecule has 16 heavy (non-hydrogen) atoms. The van der Waals surface area contributed by atoms with Crippen LogP contribution in [0.5, 0.6) is 0 Å². The second-order valence-corrected chi connectivity index (χ2v) is 3.63. The first kappa shape index (κ1) is 15.2. The van der Waals surface area contributed by atoms with Crippen LogP contribution in [-0.4, -0.2) is 26.2 Å². The molecule has 0 bridgehead atoms. The number of carbonyl (C=O) groups excluding carboxylic acids is 1. The van der Waals surface area contributed by atoms with Crippen LogP contribution in [0.25, 0.3) is 0 Å². The highest BCUT2D eigenvalue weighted by Gasteiger charge is 2.16. The summed E-state index contributed by atoms with van der Waals surface area (Å²) in [5, 5.41) is 3.60. The molecule has 0 unspecified atom stereocenters. The molecule has 1 atom stereocenters. The smallest absolute Gasteiger partial charge is 0.323 e. The van der Waals surface area contributed by atoms with E-state index in [0.29, 0.717) is 11.4 Å². The molecule has 3 nitrogen and oxygen atoms in total. The Morgan fingerprint density at radius 2 is 2.00 bits per heavy atom. The number of benzene rings is 1. The van der Waals surface area contributed by atoms with Gasteiger partial charge in [0.15, 0.2) is 0 Å². The standard InChI is InChI=1S/C11H14ClNO2.ClH/c1-13-10(11(14)15-2)7-8-3-5-9(12)6-4-8;/h3-6,10,13H,7H2,1-2H3;1H/t10-;/m0./s1. The van der Waals surface area contributed by atoms with Gasteiger partial charge in [-0.15, -0.1) is 12.4 Å². The van der Waals surface area contributed by atoms with Crippen molar-refractivity contribution < 1.29 is 9.53 Å². The predicted octanol–water partition coefficient (Wildman–Crippen LogP) is 2.07. The monoisotopic (exact) mass is 263 g/mol. The van der Waals surface area contributed by atoms with Gasteiger partial charge in [0.25, 0.3) is 0 Å². The van der Waals surface area contributed by atoms with Gasteiger partial charge in [-0.25, -0.2) is 0 Å². The summed E-state index contributed by atoms with van der Waals surface area (Å²) >= 11 is 5.76. The Balaban J connectivity index is 0.00000225. The lowest BCUT2D eigenvalue weighted by atomic mass is 10.1. The first-order chi connectivity index (χ1) is 7.17. The highest BCUT2D eigenvalue weighted by atomic mass is 35.5. The fraction of sp³-hybridized carbons (Fsp3) is 0.364. The average molecular weight is 264 g/mol.